The first-order valence-corrected chi connectivity index (χ1v) is 26.3. The van der Waals surface area contributed by atoms with E-state index in [2.05, 4.69) is 69.7 Å². The largest absolute Gasteiger partial charge is 0.358 e. The van der Waals surface area contributed by atoms with Crippen molar-refractivity contribution < 1.29 is 36.9 Å². The van der Waals surface area contributed by atoms with Crippen molar-refractivity contribution in [2.75, 3.05) is 17.7 Å². The Morgan fingerprint density at radius 1 is 0.675 bits per heavy atom. The quantitative estimate of drug-likeness (QED) is 0.0281. The van der Waals surface area contributed by atoms with Crippen molar-refractivity contribution in [3.05, 3.63) is 168 Å². The summed E-state index contributed by atoms with van der Waals surface area (Å²) in [6.07, 6.45) is 5.47. The molecule has 0 saturated heterocycles. The van der Waals surface area contributed by atoms with Gasteiger partial charge in [0.25, 0.3) is 0 Å². The van der Waals surface area contributed by atoms with Crippen LogP contribution < -0.4 is 21.3 Å². The molecule has 0 aliphatic carbocycles. The molecule has 0 aliphatic heterocycles. The normalized spacial score (nSPS) is 12.1. The summed E-state index contributed by atoms with van der Waals surface area (Å²) < 4.78 is 48.4. The van der Waals surface area contributed by atoms with Gasteiger partial charge in [-0.25, -0.2) is 28.7 Å². The van der Waals surface area contributed by atoms with E-state index in [-0.39, 0.29) is 36.0 Å². The standard InChI is InChI=1S/C61H58F2N14O6/c1-12-44(78)68-43-26-38(31(4)23-39(43)51-70-48-36(21-22-64-52(48)73-51)32-17-19-34(41(62)24-32)27-66-54(79)56-74-58(76-82-56)60(5,6)7)40-29-65-53-49(71-50(72-53)37-16-14-15-30(3)47(37)69-45(13-2)81-11)46(40)33-18-20-35(42(63)25-33)28-67-55(80)57-75-59(77-83-57)61(8,9)10/h12-26,29,45,69H,1-2,27-28H2,3-11H3,(H,66,79)(H,67,80)(H,68,78)(H,64,70,73)(H,65,71,72). The Balaban J connectivity index is 1.03. The maximum atomic E-state index is 16.6. The summed E-state index contributed by atoms with van der Waals surface area (Å²) in [6.45, 7) is 22.4. The number of nitrogens with zero attached hydrogens (tertiary/aromatic N) is 8. The van der Waals surface area contributed by atoms with Crippen LogP contribution in [0.4, 0.5) is 20.2 Å². The first-order chi connectivity index (χ1) is 39.6. The van der Waals surface area contributed by atoms with E-state index >= 15 is 8.78 Å². The lowest BCUT2D eigenvalue weighted by molar-refractivity contribution is -0.111. The van der Waals surface area contributed by atoms with Crippen LogP contribution in [0.3, 0.4) is 0 Å². The topological polar surface area (TPSA) is 270 Å². The van der Waals surface area contributed by atoms with Crippen LogP contribution >= 0.6 is 0 Å². The molecule has 20 nitrogen and oxygen atoms in total. The maximum absolute atomic E-state index is 16.6. The van der Waals surface area contributed by atoms with Gasteiger partial charge in [-0.15, -0.1) is 0 Å². The predicted molar refractivity (Wildman–Crippen MR) is 310 cm³/mol. The molecule has 6 aromatic heterocycles. The number of benzene rings is 4. The number of imidazole rings is 2. The third kappa shape index (κ3) is 11.5. The number of hydrogen-bond acceptors (Lipinski definition) is 15. The van der Waals surface area contributed by atoms with E-state index in [1.54, 1.807) is 62.0 Å². The average molecular weight is 1120 g/mol. The number of halogens is 2. The molecule has 10 rings (SSSR count). The number of carbonyl (C=O) groups excluding carboxylic acids is 3. The maximum Gasteiger partial charge on any atom is 0.315 e. The summed E-state index contributed by atoms with van der Waals surface area (Å²) >= 11 is 0. The van der Waals surface area contributed by atoms with Gasteiger partial charge in [0.05, 0.1) is 11.4 Å². The highest BCUT2D eigenvalue weighted by molar-refractivity contribution is 6.05. The second-order valence-corrected chi connectivity index (χ2v) is 21.7. The first-order valence-electron chi connectivity index (χ1n) is 26.3. The Morgan fingerprint density at radius 3 is 1.84 bits per heavy atom. The third-order valence-corrected chi connectivity index (χ3v) is 13.7. The van der Waals surface area contributed by atoms with Crippen LogP contribution in [0.5, 0.6) is 0 Å². The number of amides is 3. The zero-order chi connectivity index (χ0) is 59.1. The van der Waals surface area contributed by atoms with Gasteiger partial charge >= 0.3 is 23.6 Å². The fourth-order valence-corrected chi connectivity index (χ4v) is 9.19. The third-order valence-electron chi connectivity index (χ3n) is 13.7. The summed E-state index contributed by atoms with van der Waals surface area (Å²) in [5.74, 6) is -2.01. The Labute approximate surface area is 474 Å². The average Bonchev–Trinajstić information content (AvgIpc) is 3.64. The van der Waals surface area contributed by atoms with E-state index in [4.69, 9.17) is 28.7 Å². The second-order valence-electron chi connectivity index (χ2n) is 21.7. The molecule has 3 amide bonds. The molecule has 6 heterocycles. The van der Waals surface area contributed by atoms with Crippen molar-refractivity contribution >= 4 is 51.4 Å². The van der Waals surface area contributed by atoms with Gasteiger partial charge in [0, 0.05) is 82.4 Å². The van der Waals surface area contributed by atoms with E-state index in [1.165, 1.54) is 12.1 Å². The zero-order valence-corrected chi connectivity index (χ0v) is 46.9. The number of carbonyl (C=O) groups is 3. The first kappa shape index (κ1) is 56.2. The highest BCUT2D eigenvalue weighted by atomic mass is 19.1. The van der Waals surface area contributed by atoms with Crippen molar-refractivity contribution in [3.63, 3.8) is 0 Å². The number of H-pyrrole nitrogens is 2. The van der Waals surface area contributed by atoms with E-state index < -0.39 is 46.4 Å². The molecule has 0 fully saturated rings. The summed E-state index contributed by atoms with van der Waals surface area (Å²) in [6, 6.07) is 20.4. The van der Waals surface area contributed by atoms with Crippen LogP contribution in [0.15, 0.2) is 120 Å². The molecule has 83 heavy (non-hydrogen) atoms. The molecular formula is C61H58F2N14O6. The van der Waals surface area contributed by atoms with Crippen molar-refractivity contribution in [1.82, 2.24) is 60.8 Å². The molecule has 6 N–H and O–H groups in total. The molecular weight excluding hydrogens is 1060 g/mol. The lowest BCUT2D eigenvalue weighted by Crippen LogP contribution is -2.24. The summed E-state index contributed by atoms with van der Waals surface area (Å²) in [5, 5.41) is 19.5. The van der Waals surface area contributed by atoms with Gasteiger partial charge in [-0.3, -0.25) is 14.4 Å². The highest BCUT2D eigenvalue weighted by Crippen LogP contribution is 2.43. The van der Waals surface area contributed by atoms with E-state index in [9.17, 15) is 14.4 Å². The van der Waals surface area contributed by atoms with Gasteiger partial charge in [-0.2, -0.15) is 9.97 Å². The number of aromatic amines is 2. The SMILES string of the molecule is C=CC(=O)Nc1cc(-c2cnc3[nH]c(-c4cccc(C)c4NC(C=C)OC)nc3c2-c2ccc(CNC(=O)c3nc(C(C)(C)C)no3)c(F)c2)c(C)cc1-c1nc2c(-c3ccc(CNC(=O)c4nc(C(C)(C)C)no4)c(F)c3)ccnc2[nH]1. The number of rotatable bonds is 17. The van der Waals surface area contributed by atoms with Gasteiger partial charge < -0.3 is 45.0 Å². The minimum atomic E-state index is -0.662. The molecule has 0 saturated carbocycles. The van der Waals surface area contributed by atoms with E-state index in [1.807, 2.05) is 79.7 Å². The van der Waals surface area contributed by atoms with E-state index in [0.717, 1.165) is 17.3 Å². The number of hydrogen-bond donors (Lipinski definition) is 6. The van der Waals surface area contributed by atoms with Crippen LogP contribution in [0, 0.1) is 25.5 Å². The van der Waals surface area contributed by atoms with Crippen molar-refractivity contribution in [3.8, 4) is 56.2 Å². The number of fused-ring (bicyclic) bond motifs is 2. The van der Waals surface area contributed by atoms with Gasteiger partial charge in [0.15, 0.2) is 22.9 Å². The Hall–Kier alpha value is -10.1. The number of para-hydroxylation sites is 1. The summed E-state index contributed by atoms with van der Waals surface area (Å²) in [7, 11) is 1.57. The highest BCUT2D eigenvalue weighted by Gasteiger charge is 2.28. The molecule has 22 heteroatoms. The van der Waals surface area contributed by atoms with Gasteiger partial charge in [-0.05, 0) is 90.2 Å². The molecule has 4 aromatic carbocycles. The number of nitrogens with one attached hydrogen (secondary N) is 6. The number of aryl methyl sites for hydroxylation is 2. The van der Waals surface area contributed by atoms with Crippen molar-refractivity contribution in [1.29, 1.82) is 0 Å². The molecule has 0 spiro atoms. The van der Waals surface area contributed by atoms with Crippen LogP contribution in [0.2, 0.25) is 0 Å². The lowest BCUT2D eigenvalue weighted by Gasteiger charge is -2.18. The van der Waals surface area contributed by atoms with Crippen LogP contribution in [-0.2, 0) is 33.5 Å². The Bertz CT molecular complexity index is 4200. The minimum Gasteiger partial charge on any atom is -0.358 e. The molecule has 0 bridgehead atoms. The predicted octanol–water partition coefficient (Wildman–Crippen LogP) is 11.4. The molecule has 1 unspecified atom stereocenters. The monoisotopic (exact) mass is 1120 g/mol. The minimum absolute atomic E-state index is 0.148. The van der Waals surface area contributed by atoms with Crippen LogP contribution in [-0.4, -0.2) is 81.2 Å². The van der Waals surface area contributed by atoms with Crippen molar-refractivity contribution in [2.24, 2.45) is 0 Å². The Morgan fingerprint density at radius 2 is 1.27 bits per heavy atom. The van der Waals surface area contributed by atoms with Crippen LogP contribution in [0.25, 0.3) is 78.5 Å². The molecule has 1 atom stereocenters. The zero-order valence-electron chi connectivity index (χ0n) is 46.9. The molecule has 422 valence electrons. The summed E-state index contributed by atoms with van der Waals surface area (Å²) in [4.78, 5) is 74.0. The molecule has 10 aromatic rings. The summed E-state index contributed by atoms with van der Waals surface area (Å²) in [5.41, 5.74) is 7.93. The van der Waals surface area contributed by atoms with Crippen LogP contribution in [0.1, 0.15) is 96.8 Å². The smallest absolute Gasteiger partial charge is 0.315 e. The van der Waals surface area contributed by atoms with Crippen molar-refractivity contribution in [2.45, 2.75) is 85.5 Å². The molecule has 0 radical (unpaired) electrons. The number of aromatic nitrogens is 10. The number of anilines is 2. The number of pyridine rings is 2. The van der Waals surface area contributed by atoms with Gasteiger partial charge in [0.2, 0.25) is 5.91 Å². The fourth-order valence-electron chi connectivity index (χ4n) is 9.19. The lowest BCUT2D eigenvalue weighted by atomic mass is 9.90. The number of methoxy groups -OCH3 is 1. The fraction of sp³-hybridized carbons (Fsp3) is 0.230. The second kappa shape index (κ2) is 22.4. The van der Waals surface area contributed by atoms with Gasteiger partial charge in [0.1, 0.15) is 40.5 Å². The Kier molecular flexibility index (Phi) is 15.2. The molecule has 0 aliphatic rings. The number of ether oxygens (including phenoxy) is 1. The van der Waals surface area contributed by atoms with E-state index in [0.29, 0.717) is 101 Å². The van der Waals surface area contributed by atoms with Gasteiger partial charge in [-0.1, -0.05) is 101 Å².